The molecule has 0 unspecified atom stereocenters. The van der Waals surface area contributed by atoms with Crippen LogP contribution in [0.3, 0.4) is 0 Å². The molecule has 0 spiro atoms. The van der Waals surface area contributed by atoms with Crippen molar-refractivity contribution in [1.82, 2.24) is 0 Å². The zero-order chi connectivity index (χ0) is 7.61. The minimum Gasteiger partial charge on any atom is -0.396 e. The summed E-state index contributed by atoms with van der Waals surface area (Å²) in [5, 5.41) is 8.92. The molecule has 0 heterocycles. The van der Waals surface area contributed by atoms with Gasteiger partial charge < -0.3 is 5.11 Å². The van der Waals surface area contributed by atoms with Crippen LogP contribution >= 0.6 is 0 Å². The summed E-state index contributed by atoms with van der Waals surface area (Å²) in [6.45, 7) is 4.99. The van der Waals surface area contributed by atoms with Crippen LogP contribution in [0.25, 0.3) is 0 Å². The molecule has 0 radical (unpaired) electrons. The van der Waals surface area contributed by atoms with Crippen molar-refractivity contribution in [1.29, 1.82) is 0 Å². The van der Waals surface area contributed by atoms with Crippen LogP contribution in [-0.4, -0.2) is 11.7 Å². The van der Waals surface area contributed by atoms with E-state index in [2.05, 4.69) is 13.8 Å². The summed E-state index contributed by atoms with van der Waals surface area (Å²) in [4.78, 5) is 0. The third-order valence-electron chi connectivity index (χ3n) is 2.57. The first kappa shape index (κ1) is 8.06. The van der Waals surface area contributed by atoms with Crippen LogP contribution in [0.15, 0.2) is 0 Å². The van der Waals surface area contributed by atoms with Gasteiger partial charge in [0, 0.05) is 6.61 Å². The highest BCUT2D eigenvalue weighted by Crippen LogP contribution is 2.37. The molecule has 1 saturated carbocycles. The Kier molecular flexibility index (Phi) is 2.35. The predicted molar refractivity (Wildman–Crippen MR) is 42.8 cm³/mol. The molecule has 0 aromatic rings. The van der Waals surface area contributed by atoms with Gasteiger partial charge in [-0.25, -0.2) is 0 Å². The SMILES string of the molecule is CC1(C)CCC[C@H](CO)C1. The minimum atomic E-state index is 0.392. The van der Waals surface area contributed by atoms with Crippen molar-refractivity contribution in [2.75, 3.05) is 6.61 Å². The van der Waals surface area contributed by atoms with E-state index in [1.54, 1.807) is 0 Å². The van der Waals surface area contributed by atoms with E-state index in [4.69, 9.17) is 5.11 Å². The lowest BCUT2D eigenvalue weighted by atomic mass is 9.72. The predicted octanol–water partition coefficient (Wildman–Crippen LogP) is 2.20. The molecule has 60 valence electrons. The second-order valence-corrected chi connectivity index (χ2v) is 4.31. The molecule has 1 rings (SSSR count). The minimum absolute atomic E-state index is 0.392. The Hall–Kier alpha value is -0.0400. The Morgan fingerprint density at radius 2 is 2.20 bits per heavy atom. The molecule has 0 aliphatic heterocycles. The number of aliphatic hydroxyl groups is 1. The fourth-order valence-electron chi connectivity index (χ4n) is 2.01. The van der Waals surface area contributed by atoms with Crippen molar-refractivity contribution in [3.8, 4) is 0 Å². The first-order chi connectivity index (χ1) is 4.64. The molecule has 0 aromatic heterocycles. The summed E-state index contributed by atoms with van der Waals surface area (Å²) in [5.74, 6) is 0.587. The van der Waals surface area contributed by atoms with Crippen LogP contribution in [0.2, 0.25) is 0 Å². The Bertz CT molecular complexity index is 107. The van der Waals surface area contributed by atoms with Crippen molar-refractivity contribution < 1.29 is 5.11 Å². The maximum Gasteiger partial charge on any atom is 0.0459 e. The van der Waals surface area contributed by atoms with Crippen molar-refractivity contribution in [2.45, 2.75) is 39.5 Å². The van der Waals surface area contributed by atoms with Gasteiger partial charge in [-0.2, -0.15) is 0 Å². The summed E-state index contributed by atoms with van der Waals surface area (Å²) in [6, 6.07) is 0. The molecule has 0 saturated heterocycles. The van der Waals surface area contributed by atoms with Gasteiger partial charge in [-0.15, -0.1) is 0 Å². The Balaban J connectivity index is 2.40. The molecule has 1 N–H and O–H groups in total. The Morgan fingerprint density at radius 3 is 2.60 bits per heavy atom. The van der Waals surface area contributed by atoms with Gasteiger partial charge in [-0.3, -0.25) is 0 Å². The van der Waals surface area contributed by atoms with Crippen molar-refractivity contribution >= 4 is 0 Å². The summed E-state index contributed by atoms with van der Waals surface area (Å²) in [5.41, 5.74) is 0.492. The molecule has 1 aliphatic rings. The molecule has 1 nitrogen and oxygen atoms in total. The van der Waals surface area contributed by atoms with Gasteiger partial charge in [-0.1, -0.05) is 20.3 Å². The quantitative estimate of drug-likeness (QED) is 0.595. The van der Waals surface area contributed by atoms with E-state index >= 15 is 0 Å². The maximum absolute atomic E-state index is 8.92. The molecule has 1 heteroatoms. The van der Waals surface area contributed by atoms with Crippen LogP contribution in [0.4, 0.5) is 0 Å². The smallest absolute Gasteiger partial charge is 0.0459 e. The van der Waals surface area contributed by atoms with Gasteiger partial charge in [0.05, 0.1) is 0 Å². The first-order valence-corrected chi connectivity index (χ1v) is 4.25. The zero-order valence-electron chi connectivity index (χ0n) is 7.06. The van der Waals surface area contributed by atoms with Crippen molar-refractivity contribution in [3.05, 3.63) is 0 Å². The first-order valence-electron chi connectivity index (χ1n) is 4.25. The van der Waals surface area contributed by atoms with Gasteiger partial charge in [0.1, 0.15) is 0 Å². The summed E-state index contributed by atoms with van der Waals surface area (Å²) >= 11 is 0. The van der Waals surface area contributed by atoms with Gasteiger partial charge in [0.25, 0.3) is 0 Å². The topological polar surface area (TPSA) is 20.2 Å². The lowest BCUT2D eigenvalue weighted by Crippen LogP contribution is -2.24. The van der Waals surface area contributed by atoms with Crippen molar-refractivity contribution in [3.63, 3.8) is 0 Å². The summed E-state index contributed by atoms with van der Waals surface area (Å²) in [7, 11) is 0. The number of hydrogen-bond acceptors (Lipinski definition) is 1. The molecule has 0 aromatic carbocycles. The molecule has 0 amide bonds. The fraction of sp³-hybridized carbons (Fsp3) is 1.00. The average molecular weight is 142 g/mol. The third kappa shape index (κ3) is 1.98. The van der Waals surface area contributed by atoms with Crippen molar-refractivity contribution in [2.24, 2.45) is 11.3 Å². The molecular weight excluding hydrogens is 124 g/mol. The zero-order valence-corrected chi connectivity index (χ0v) is 7.06. The van der Waals surface area contributed by atoms with Gasteiger partial charge >= 0.3 is 0 Å². The van der Waals surface area contributed by atoms with Crippen LogP contribution in [0, 0.1) is 11.3 Å². The molecule has 1 aliphatic carbocycles. The highest BCUT2D eigenvalue weighted by atomic mass is 16.3. The molecule has 1 fully saturated rings. The normalized spacial score (nSPS) is 32.1. The number of rotatable bonds is 1. The standard InChI is InChI=1S/C9H18O/c1-9(2)5-3-4-8(6-9)7-10/h8,10H,3-7H2,1-2H3/t8-/m0/s1. The van der Waals surface area contributed by atoms with Gasteiger partial charge in [0.2, 0.25) is 0 Å². The highest BCUT2D eigenvalue weighted by molar-refractivity contribution is 4.78. The highest BCUT2D eigenvalue weighted by Gasteiger charge is 2.26. The second-order valence-electron chi connectivity index (χ2n) is 4.31. The Labute approximate surface area is 63.4 Å². The van der Waals surface area contributed by atoms with Crippen LogP contribution in [0.5, 0.6) is 0 Å². The lowest BCUT2D eigenvalue weighted by molar-refractivity contribution is 0.119. The van der Waals surface area contributed by atoms with E-state index in [0.717, 1.165) is 0 Å². The molecule has 1 atom stereocenters. The Morgan fingerprint density at radius 1 is 1.50 bits per heavy atom. The lowest BCUT2D eigenvalue weighted by Gasteiger charge is -2.34. The maximum atomic E-state index is 8.92. The number of aliphatic hydroxyl groups excluding tert-OH is 1. The largest absolute Gasteiger partial charge is 0.396 e. The molecular formula is C9H18O. The second kappa shape index (κ2) is 2.91. The molecule has 10 heavy (non-hydrogen) atoms. The van der Waals surface area contributed by atoms with E-state index < -0.39 is 0 Å². The fourth-order valence-corrected chi connectivity index (χ4v) is 2.01. The monoisotopic (exact) mass is 142 g/mol. The van der Waals surface area contributed by atoms with Crippen LogP contribution < -0.4 is 0 Å². The molecule has 0 bridgehead atoms. The van der Waals surface area contributed by atoms with Crippen LogP contribution in [-0.2, 0) is 0 Å². The van der Waals surface area contributed by atoms with Gasteiger partial charge in [-0.05, 0) is 30.6 Å². The van der Waals surface area contributed by atoms with Crippen LogP contribution in [0.1, 0.15) is 39.5 Å². The van der Waals surface area contributed by atoms with E-state index in [1.807, 2.05) is 0 Å². The van der Waals surface area contributed by atoms with E-state index in [9.17, 15) is 0 Å². The average Bonchev–Trinajstić information content (AvgIpc) is 1.86. The summed E-state index contributed by atoms with van der Waals surface area (Å²) < 4.78 is 0. The van der Waals surface area contributed by atoms with E-state index in [0.29, 0.717) is 17.9 Å². The number of hydrogen-bond donors (Lipinski definition) is 1. The van der Waals surface area contributed by atoms with Gasteiger partial charge in [0.15, 0.2) is 0 Å². The third-order valence-corrected chi connectivity index (χ3v) is 2.57. The summed E-state index contributed by atoms with van der Waals surface area (Å²) in [6.07, 6.45) is 5.09. The van der Waals surface area contributed by atoms with E-state index in [1.165, 1.54) is 25.7 Å². The van der Waals surface area contributed by atoms with E-state index in [-0.39, 0.29) is 0 Å².